The highest BCUT2D eigenvalue weighted by molar-refractivity contribution is 6.76. The standard InChI is InChI=1S/C37H46F2N6O7Si/c1-43(2)33(46)15-8-7-11-28(41-37(49)50-3)35(47)40-29-12-10-18-44(36(29)48)22-32-42-34-30(45(32)24-51-19-20-53(4,5)6)13-9-14-31(34)52-23-25-16-17-26(38)21-27(25)39/h8-10,12-18,21,28H,7,11,19-20,22-24H2,1-6H3,(H,40,47)(H,41,49)/b15-8+/t28-/m0/s1. The van der Waals surface area contributed by atoms with Crippen molar-refractivity contribution in [2.45, 2.75) is 64.5 Å². The Kier molecular flexibility index (Phi) is 14.0. The second-order valence-corrected chi connectivity index (χ2v) is 19.3. The largest absolute Gasteiger partial charge is 0.486 e. The van der Waals surface area contributed by atoms with Crippen molar-refractivity contribution in [1.29, 1.82) is 0 Å². The fraction of sp³-hybridized carbons (Fsp3) is 0.378. The molecule has 13 nitrogen and oxygen atoms in total. The van der Waals surface area contributed by atoms with Gasteiger partial charge in [-0.15, -0.1) is 0 Å². The highest BCUT2D eigenvalue weighted by Crippen LogP contribution is 2.28. The second kappa shape index (κ2) is 18.4. The van der Waals surface area contributed by atoms with Crippen molar-refractivity contribution in [2.24, 2.45) is 0 Å². The van der Waals surface area contributed by atoms with Crippen molar-refractivity contribution in [3.63, 3.8) is 0 Å². The van der Waals surface area contributed by atoms with E-state index in [2.05, 4.69) is 35.0 Å². The number of carbonyl (C=O) groups is 3. The summed E-state index contributed by atoms with van der Waals surface area (Å²) in [5.74, 6) is -1.50. The normalized spacial score (nSPS) is 12.2. The zero-order valence-corrected chi connectivity index (χ0v) is 31.8. The van der Waals surface area contributed by atoms with Crippen molar-refractivity contribution in [1.82, 2.24) is 24.3 Å². The van der Waals surface area contributed by atoms with Gasteiger partial charge in [-0.3, -0.25) is 14.4 Å². The van der Waals surface area contributed by atoms with E-state index >= 15 is 0 Å². The van der Waals surface area contributed by atoms with Gasteiger partial charge < -0.3 is 38.9 Å². The third kappa shape index (κ3) is 11.6. The Morgan fingerprint density at radius 3 is 2.55 bits per heavy atom. The number of allylic oxidation sites excluding steroid dienone is 1. The molecule has 0 unspecified atom stereocenters. The van der Waals surface area contributed by atoms with Crippen molar-refractivity contribution in [3.05, 3.63) is 100 Å². The van der Waals surface area contributed by atoms with Gasteiger partial charge >= 0.3 is 6.09 Å². The Labute approximate surface area is 307 Å². The summed E-state index contributed by atoms with van der Waals surface area (Å²) >= 11 is 0. The summed E-state index contributed by atoms with van der Waals surface area (Å²) in [6, 6.07) is 11.5. The molecular weight excluding hydrogens is 707 g/mol. The molecule has 0 bridgehead atoms. The van der Waals surface area contributed by atoms with Gasteiger partial charge in [0.2, 0.25) is 11.8 Å². The third-order valence-corrected chi connectivity index (χ3v) is 9.85. The minimum absolute atomic E-state index is 0.0187. The van der Waals surface area contributed by atoms with Crippen molar-refractivity contribution >= 4 is 42.7 Å². The zero-order chi connectivity index (χ0) is 38.7. The smallest absolute Gasteiger partial charge is 0.407 e. The van der Waals surface area contributed by atoms with Gasteiger partial charge in [-0.2, -0.15) is 0 Å². The molecule has 2 aromatic heterocycles. The Balaban J connectivity index is 1.60. The fourth-order valence-electron chi connectivity index (χ4n) is 5.07. The molecule has 2 aromatic carbocycles. The number of halogens is 2. The van der Waals surface area contributed by atoms with Crippen LogP contribution in [-0.2, 0) is 38.9 Å². The molecular formula is C37H46F2N6O7Si. The van der Waals surface area contributed by atoms with Gasteiger partial charge in [0.1, 0.15) is 53.8 Å². The quantitative estimate of drug-likeness (QED) is 0.0817. The maximum absolute atomic E-state index is 14.4. The summed E-state index contributed by atoms with van der Waals surface area (Å²) in [6.45, 7) is 7.22. The van der Waals surface area contributed by atoms with E-state index in [1.165, 1.54) is 34.8 Å². The Bertz CT molecular complexity index is 2010. The van der Waals surface area contributed by atoms with Crippen LogP contribution < -0.4 is 20.9 Å². The van der Waals surface area contributed by atoms with E-state index in [0.717, 1.165) is 18.2 Å². The first-order chi connectivity index (χ1) is 25.2. The number of carbonyl (C=O) groups excluding carboxylic acids is 3. The number of fused-ring (bicyclic) bond motifs is 1. The van der Waals surface area contributed by atoms with Crippen molar-refractivity contribution in [3.8, 4) is 5.75 Å². The fourth-order valence-corrected chi connectivity index (χ4v) is 5.83. The van der Waals surface area contributed by atoms with E-state index in [0.29, 0.717) is 29.2 Å². The maximum Gasteiger partial charge on any atom is 0.407 e. The highest BCUT2D eigenvalue weighted by Gasteiger charge is 2.23. The average molecular weight is 753 g/mol. The molecule has 4 rings (SSSR count). The number of amides is 3. The number of benzene rings is 2. The molecule has 1 atom stereocenters. The number of imidazole rings is 1. The number of rotatable bonds is 17. The molecule has 0 aliphatic carbocycles. The van der Waals surface area contributed by atoms with Crippen LogP contribution >= 0.6 is 0 Å². The molecule has 0 aliphatic rings. The predicted octanol–water partition coefficient (Wildman–Crippen LogP) is 5.50. The molecule has 53 heavy (non-hydrogen) atoms. The summed E-state index contributed by atoms with van der Waals surface area (Å²) in [6.07, 6.45) is 4.09. The van der Waals surface area contributed by atoms with Crippen LogP contribution in [-0.4, -0.2) is 78.9 Å². The molecule has 0 radical (unpaired) electrons. The number of aromatic nitrogens is 3. The van der Waals surface area contributed by atoms with Gasteiger partial charge in [0.05, 0.1) is 19.2 Å². The highest BCUT2D eigenvalue weighted by atomic mass is 28.3. The van der Waals surface area contributed by atoms with E-state index in [1.807, 2.05) is 10.6 Å². The predicted molar refractivity (Wildman–Crippen MR) is 199 cm³/mol. The van der Waals surface area contributed by atoms with Crippen LogP contribution in [0, 0.1) is 11.6 Å². The molecule has 4 aromatic rings. The van der Waals surface area contributed by atoms with Crippen LogP contribution in [0.25, 0.3) is 11.0 Å². The molecule has 2 heterocycles. The van der Waals surface area contributed by atoms with Gasteiger partial charge in [0.25, 0.3) is 5.56 Å². The minimum atomic E-state index is -1.39. The number of hydrogen-bond donors (Lipinski definition) is 2. The average Bonchev–Trinajstić information content (AvgIpc) is 3.45. The summed E-state index contributed by atoms with van der Waals surface area (Å²) < 4.78 is 47.8. The first-order valence-corrected chi connectivity index (χ1v) is 20.7. The zero-order valence-electron chi connectivity index (χ0n) is 30.8. The van der Waals surface area contributed by atoms with Gasteiger partial charge in [-0.25, -0.2) is 18.6 Å². The molecule has 0 spiro atoms. The molecule has 0 saturated carbocycles. The first-order valence-electron chi connectivity index (χ1n) is 17.0. The molecule has 0 fully saturated rings. The number of alkyl carbamates (subject to hydrolysis) is 1. The lowest BCUT2D eigenvalue weighted by Crippen LogP contribution is -2.44. The molecule has 0 aliphatic heterocycles. The van der Waals surface area contributed by atoms with Crippen LogP contribution in [0.4, 0.5) is 19.3 Å². The molecule has 16 heteroatoms. The van der Waals surface area contributed by atoms with E-state index in [-0.39, 0.29) is 49.9 Å². The first kappa shape index (κ1) is 40.4. The third-order valence-electron chi connectivity index (χ3n) is 8.14. The number of nitrogens with one attached hydrogen (secondary N) is 2. The summed E-state index contributed by atoms with van der Waals surface area (Å²) in [5, 5.41) is 5.09. The number of nitrogens with zero attached hydrogens (tertiary/aromatic N) is 4. The lowest BCUT2D eigenvalue weighted by atomic mass is 10.1. The topological polar surface area (TPSA) is 146 Å². The van der Waals surface area contributed by atoms with E-state index in [1.54, 1.807) is 44.6 Å². The van der Waals surface area contributed by atoms with Crippen molar-refractivity contribution in [2.75, 3.05) is 33.1 Å². The number of anilines is 1. The monoisotopic (exact) mass is 752 g/mol. The van der Waals surface area contributed by atoms with Crippen LogP contribution in [0.3, 0.4) is 0 Å². The summed E-state index contributed by atoms with van der Waals surface area (Å²) in [4.78, 5) is 57.2. The second-order valence-electron chi connectivity index (χ2n) is 13.7. The van der Waals surface area contributed by atoms with Gasteiger partial charge in [0.15, 0.2) is 0 Å². The van der Waals surface area contributed by atoms with Gasteiger partial charge in [-0.05, 0) is 61.4 Å². The van der Waals surface area contributed by atoms with Crippen LogP contribution in [0.5, 0.6) is 5.75 Å². The molecule has 0 saturated heterocycles. The minimum Gasteiger partial charge on any atom is -0.486 e. The van der Waals surface area contributed by atoms with E-state index in [9.17, 15) is 28.0 Å². The number of ether oxygens (including phenoxy) is 3. The Morgan fingerprint density at radius 1 is 1.08 bits per heavy atom. The van der Waals surface area contributed by atoms with Gasteiger partial charge in [0, 0.05) is 46.6 Å². The molecule has 3 amide bonds. The number of hydrogen-bond acceptors (Lipinski definition) is 8. The Hall–Kier alpha value is -5.35. The van der Waals surface area contributed by atoms with Crippen LogP contribution in [0.2, 0.25) is 25.7 Å². The number of para-hydroxylation sites is 1. The van der Waals surface area contributed by atoms with Crippen molar-refractivity contribution < 1.29 is 37.4 Å². The maximum atomic E-state index is 14.4. The van der Waals surface area contributed by atoms with E-state index < -0.39 is 43.3 Å². The lowest BCUT2D eigenvalue weighted by molar-refractivity contribution is -0.123. The van der Waals surface area contributed by atoms with Crippen LogP contribution in [0.1, 0.15) is 24.2 Å². The number of methoxy groups -OCH3 is 1. The SMILES string of the molecule is COC(=O)N[C@@H](CC/C=C/C(=O)N(C)C)C(=O)Nc1cccn(Cc2nc3c(OCc4ccc(F)cc4F)cccc3n2COCC[Si](C)(C)C)c1=O. The molecule has 284 valence electrons. The van der Waals surface area contributed by atoms with Crippen LogP contribution in [0.15, 0.2) is 71.7 Å². The number of likely N-dealkylation sites (N-methyl/N-ethyl adjacent to an activating group) is 1. The summed E-state index contributed by atoms with van der Waals surface area (Å²) in [5.41, 5.74) is 0.709. The summed E-state index contributed by atoms with van der Waals surface area (Å²) in [7, 11) is 3.00. The number of pyridine rings is 1. The van der Waals surface area contributed by atoms with Gasteiger partial charge in [-0.1, -0.05) is 31.8 Å². The Morgan fingerprint density at radius 2 is 1.85 bits per heavy atom. The van der Waals surface area contributed by atoms with E-state index in [4.69, 9.17) is 14.5 Å². The molecule has 2 N–H and O–H groups in total. The lowest BCUT2D eigenvalue weighted by Gasteiger charge is -2.18.